The van der Waals surface area contributed by atoms with Gasteiger partial charge >= 0.3 is 5.97 Å². The second kappa shape index (κ2) is 8.13. The van der Waals surface area contributed by atoms with E-state index in [1.54, 1.807) is 12.1 Å². The average molecular weight is 402 g/mol. The van der Waals surface area contributed by atoms with Crippen molar-refractivity contribution in [3.63, 3.8) is 0 Å². The molecule has 1 saturated heterocycles. The van der Waals surface area contributed by atoms with Gasteiger partial charge in [-0.25, -0.2) is 14.2 Å². The van der Waals surface area contributed by atoms with Crippen LogP contribution in [0.2, 0.25) is 0 Å². The Morgan fingerprint density at radius 3 is 2.68 bits per heavy atom. The fourth-order valence-electron chi connectivity index (χ4n) is 2.57. The molecule has 3 rings (SSSR count). The summed E-state index contributed by atoms with van der Waals surface area (Å²) in [4.78, 5) is 28.4. The molecule has 1 amide bonds. The van der Waals surface area contributed by atoms with Crippen molar-refractivity contribution in [2.45, 2.75) is 0 Å². The van der Waals surface area contributed by atoms with E-state index >= 15 is 0 Å². The third-order valence-electron chi connectivity index (χ3n) is 3.77. The van der Waals surface area contributed by atoms with E-state index < -0.39 is 17.7 Å². The maximum atomic E-state index is 13.3. The summed E-state index contributed by atoms with van der Waals surface area (Å²) in [7, 11) is 2.74. The SMILES string of the molecule is COc1ccc(/C=C2/SC(=Nc3cccc(F)c3)NC2=O)c(C(=O)O)c1OC. The largest absolute Gasteiger partial charge is 0.493 e. The van der Waals surface area contributed by atoms with Gasteiger partial charge in [0.2, 0.25) is 0 Å². The first kappa shape index (κ1) is 19.4. The summed E-state index contributed by atoms with van der Waals surface area (Å²) in [6.07, 6.45) is 1.43. The molecular weight excluding hydrogens is 387 g/mol. The minimum atomic E-state index is -1.22. The van der Waals surface area contributed by atoms with Gasteiger partial charge < -0.3 is 19.9 Å². The number of carbonyl (C=O) groups is 2. The minimum absolute atomic E-state index is 0.0569. The van der Waals surface area contributed by atoms with Gasteiger partial charge in [0.25, 0.3) is 5.91 Å². The van der Waals surface area contributed by atoms with Gasteiger partial charge in [-0.3, -0.25) is 4.79 Å². The van der Waals surface area contributed by atoms with Crippen molar-refractivity contribution >= 4 is 40.6 Å². The van der Waals surface area contributed by atoms with Crippen LogP contribution in [0.3, 0.4) is 0 Å². The number of hydrogen-bond acceptors (Lipinski definition) is 6. The summed E-state index contributed by atoms with van der Waals surface area (Å²) >= 11 is 1.02. The molecule has 2 N–H and O–H groups in total. The number of thioether (sulfide) groups is 1. The molecule has 1 aliphatic heterocycles. The number of carbonyl (C=O) groups excluding carboxylic acids is 1. The Labute approximate surface area is 163 Å². The van der Waals surface area contributed by atoms with Crippen molar-refractivity contribution in [1.29, 1.82) is 0 Å². The number of rotatable bonds is 5. The molecule has 9 heteroatoms. The van der Waals surface area contributed by atoms with Gasteiger partial charge in [0, 0.05) is 0 Å². The van der Waals surface area contributed by atoms with E-state index in [9.17, 15) is 19.1 Å². The Hall–Kier alpha value is -3.33. The maximum absolute atomic E-state index is 13.3. The molecule has 0 spiro atoms. The molecule has 2 aromatic rings. The van der Waals surface area contributed by atoms with Crippen LogP contribution in [0.25, 0.3) is 6.08 Å². The monoisotopic (exact) mass is 402 g/mol. The second-order valence-corrected chi connectivity index (χ2v) is 6.56. The van der Waals surface area contributed by atoms with E-state index in [-0.39, 0.29) is 32.7 Å². The number of carboxylic acid groups (broad SMARTS) is 1. The number of amidine groups is 1. The first-order valence-corrected chi connectivity index (χ1v) is 8.78. The highest BCUT2D eigenvalue weighted by Gasteiger charge is 2.26. The number of methoxy groups -OCH3 is 2. The van der Waals surface area contributed by atoms with Crippen LogP contribution >= 0.6 is 11.8 Å². The van der Waals surface area contributed by atoms with Gasteiger partial charge in [0.15, 0.2) is 16.7 Å². The van der Waals surface area contributed by atoms with Crippen molar-refractivity contribution in [2.75, 3.05) is 14.2 Å². The number of benzene rings is 2. The zero-order chi connectivity index (χ0) is 20.3. The number of nitrogens with zero attached hydrogens (tertiary/aromatic N) is 1. The number of halogens is 1. The van der Waals surface area contributed by atoms with Crippen LogP contribution in [0.4, 0.5) is 10.1 Å². The standard InChI is InChI=1S/C19H15FN2O5S/c1-26-13-7-6-10(15(18(24)25)16(13)27-2)8-14-17(23)22-19(28-14)21-12-5-3-4-11(20)9-12/h3-9H,1-2H3,(H,24,25)(H,21,22,23)/b14-8+. The molecule has 0 radical (unpaired) electrons. The number of aliphatic imine (C=N–C) groups is 1. The maximum Gasteiger partial charge on any atom is 0.340 e. The smallest absolute Gasteiger partial charge is 0.340 e. The van der Waals surface area contributed by atoms with Crippen molar-refractivity contribution in [3.05, 3.63) is 58.2 Å². The Bertz CT molecular complexity index is 1020. The van der Waals surface area contributed by atoms with E-state index in [4.69, 9.17) is 9.47 Å². The van der Waals surface area contributed by atoms with Gasteiger partial charge in [-0.15, -0.1) is 0 Å². The van der Waals surface area contributed by atoms with Crippen LogP contribution in [0.15, 0.2) is 46.3 Å². The molecular formula is C19H15FN2O5S. The predicted octanol–water partition coefficient (Wildman–Crippen LogP) is 3.43. The third-order valence-corrected chi connectivity index (χ3v) is 4.68. The first-order valence-electron chi connectivity index (χ1n) is 7.96. The molecule has 0 saturated carbocycles. The first-order chi connectivity index (χ1) is 13.4. The van der Waals surface area contributed by atoms with Crippen LogP contribution in [-0.2, 0) is 4.79 Å². The zero-order valence-corrected chi connectivity index (χ0v) is 15.7. The molecule has 1 heterocycles. The van der Waals surface area contributed by atoms with Gasteiger partial charge in [0.1, 0.15) is 11.4 Å². The van der Waals surface area contributed by atoms with Crippen molar-refractivity contribution in [3.8, 4) is 11.5 Å². The van der Waals surface area contributed by atoms with Gasteiger partial charge in [0.05, 0.1) is 24.8 Å². The number of carboxylic acids is 1. The van der Waals surface area contributed by atoms with E-state index in [1.807, 2.05) is 0 Å². The second-order valence-electron chi connectivity index (χ2n) is 5.53. The molecule has 0 aliphatic carbocycles. The Morgan fingerprint density at radius 1 is 1.25 bits per heavy atom. The van der Waals surface area contributed by atoms with E-state index in [0.29, 0.717) is 5.69 Å². The van der Waals surface area contributed by atoms with Crippen LogP contribution < -0.4 is 14.8 Å². The van der Waals surface area contributed by atoms with Crippen molar-refractivity contribution in [1.82, 2.24) is 5.32 Å². The molecule has 28 heavy (non-hydrogen) atoms. The summed E-state index contributed by atoms with van der Waals surface area (Å²) in [5.41, 5.74) is 0.495. The number of nitrogens with one attached hydrogen (secondary N) is 1. The average Bonchev–Trinajstić information content (AvgIpc) is 2.99. The summed E-state index contributed by atoms with van der Waals surface area (Å²) in [5.74, 6) is -1.78. The molecule has 7 nitrogen and oxygen atoms in total. The van der Waals surface area contributed by atoms with Crippen LogP contribution in [-0.4, -0.2) is 36.4 Å². The molecule has 144 valence electrons. The van der Waals surface area contributed by atoms with Crippen LogP contribution in [0.5, 0.6) is 11.5 Å². The number of hydrogen-bond donors (Lipinski definition) is 2. The molecule has 0 aromatic heterocycles. The highest BCUT2D eigenvalue weighted by Crippen LogP contribution is 2.36. The van der Waals surface area contributed by atoms with Gasteiger partial charge in [-0.05, 0) is 47.7 Å². The van der Waals surface area contributed by atoms with Crippen molar-refractivity contribution < 1.29 is 28.6 Å². The van der Waals surface area contributed by atoms with Gasteiger partial charge in [-0.1, -0.05) is 12.1 Å². The Balaban J connectivity index is 1.98. The lowest BCUT2D eigenvalue weighted by molar-refractivity contribution is -0.115. The predicted molar refractivity (Wildman–Crippen MR) is 104 cm³/mol. The summed E-state index contributed by atoms with van der Waals surface area (Å²) in [6.45, 7) is 0. The lowest BCUT2D eigenvalue weighted by Crippen LogP contribution is -2.19. The van der Waals surface area contributed by atoms with E-state index in [0.717, 1.165) is 11.8 Å². The Morgan fingerprint density at radius 2 is 2.04 bits per heavy atom. The lowest BCUT2D eigenvalue weighted by atomic mass is 10.0. The van der Waals surface area contributed by atoms with Crippen molar-refractivity contribution in [2.24, 2.45) is 4.99 Å². The molecule has 0 atom stereocenters. The lowest BCUT2D eigenvalue weighted by Gasteiger charge is -2.12. The number of aromatic carboxylic acids is 1. The molecule has 0 unspecified atom stereocenters. The highest BCUT2D eigenvalue weighted by molar-refractivity contribution is 8.18. The fraction of sp³-hybridized carbons (Fsp3) is 0.105. The normalized spacial score (nSPS) is 16.3. The molecule has 1 aliphatic rings. The molecule has 2 aromatic carbocycles. The fourth-order valence-corrected chi connectivity index (χ4v) is 3.40. The number of ether oxygens (including phenoxy) is 2. The quantitative estimate of drug-likeness (QED) is 0.744. The topological polar surface area (TPSA) is 97.2 Å². The van der Waals surface area contributed by atoms with E-state index in [1.165, 1.54) is 44.6 Å². The van der Waals surface area contributed by atoms with Crippen LogP contribution in [0.1, 0.15) is 15.9 Å². The summed E-state index contributed by atoms with van der Waals surface area (Å²) < 4.78 is 23.6. The molecule has 0 bridgehead atoms. The minimum Gasteiger partial charge on any atom is -0.493 e. The van der Waals surface area contributed by atoms with E-state index in [2.05, 4.69) is 10.3 Å². The number of amides is 1. The van der Waals surface area contributed by atoms with Gasteiger partial charge in [-0.2, -0.15) is 0 Å². The Kier molecular flexibility index (Phi) is 5.65. The van der Waals surface area contributed by atoms with Crippen LogP contribution in [0, 0.1) is 5.82 Å². The highest BCUT2D eigenvalue weighted by atomic mass is 32.2. The summed E-state index contributed by atoms with van der Waals surface area (Å²) in [6, 6.07) is 8.71. The zero-order valence-electron chi connectivity index (χ0n) is 14.9. The summed E-state index contributed by atoms with van der Waals surface area (Å²) in [5, 5.41) is 12.4. The third kappa shape index (κ3) is 3.99. The molecule has 1 fully saturated rings.